The first kappa shape index (κ1) is 14.6. The van der Waals surface area contributed by atoms with E-state index in [1.165, 1.54) is 5.41 Å². The van der Waals surface area contributed by atoms with Crippen LogP contribution in [0, 0.1) is 0 Å². The Balaban J connectivity index is 3.99. The van der Waals surface area contributed by atoms with Crippen LogP contribution in [0.25, 0.3) is 0 Å². The summed E-state index contributed by atoms with van der Waals surface area (Å²) in [4.78, 5) is 2.00. The van der Waals surface area contributed by atoms with Crippen molar-refractivity contribution in [2.24, 2.45) is 0 Å². The monoisotopic (exact) mass is 235 g/mol. The fraction of sp³-hybridized carbons (Fsp3) is 0.800. The van der Waals surface area contributed by atoms with Crippen molar-refractivity contribution in [3.05, 3.63) is 11.5 Å². The summed E-state index contributed by atoms with van der Waals surface area (Å²) < 4.78 is 27.7. The van der Waals surface area contributed by atoms with Crippen molar-refractivity contribution >= 4 is 9.84 Å². The molecule has 0 N–H and O–H groups in total. The van der Waals surface area contributed by atoms with Gasteiger partial charge in [0.15, 0.2) is 9.84 Å². The molecule has 0 aromatic heterocycles. The Morgan fingerprint density at radius 3 is 2.47 bits per heavy atom. The highest BCUT2D eigenvalue weighted by Crippen LogP contribution is 2.01. The molecule has 0 spiro atoms. The van der Waals surface area contributed by atoms with Crippen LogP contribution in [-0.2, 0) is 14.6 Å². The molecule has 0 aliphatic rings. The van der Waals surface area contributed by atoms with Crippen LogP contribution in [-0.4, -0.2) is 52.4 Å². The highest BCUT2D eigenvalue weighted by molar-refractivity contribution is 7.94. The molecule has 5 heteroatoms. The van der Waals surface area contributed by atoms with E-state index >= 15 is 0 Å². The lowest BCUT2D eigenvalue weighted by atomic mass is 10.5. The van der Waals surface area contributed by atoms with Gasteiger partial charge < -0.3 is 9.64 Å². The van der Waals surface area contributed by atoms with E-state index in [0.29, 0.717) is 13.2 Å². The first-order valence-electron chi connectivity index (χ1n) is 4.98. The van der Waals surface area contributed by atoms with Gasteiger partial charge in [-0.1, -0.05) is 6.08 Å². The van der Waals surface area contributed by atoms with E-state index in [2.05, 4.69) is 0 Å². The van der Waals surface area contributed by atoms with Gasteiger partial charge in [0.25, 0.3) is 0 Å². The van der Waals surface area contributed by atoms with Crippen molar-refractivity contribution in [2.45, 2.75) is 19.1 Å². The zero-order valence-electron chi connectivity index (χ0n) is 9.93. The topological polar surface area (TPSA) is 46.6 Å². The molecule has 0 aromatic rings. The van der Waals surface area contributed by atoms with Crippen LogP contribution in [0.2, 0.25) is 0 Å². The quantitative estimate of drug-likeness (QED) is 0.658. The molecule has 0 amide bonds. The molecule has 0 aliphatic heterocycles. The largest absolute Gasteiger partial charge is 0.383 e. The number of sulfone groups is 1. The van der Waals surface area contributed by atoms with Crippen LogP contribution < -0.4 is 0 Å². The summed E-state index contributed by atoms with van der Waals surface area (Å²) in [6.45, 7) is 5.42. The second-order valence-electron chi connectivity index (χ2n) is 3.76. The summed E-state index contributed by atoms with van der Waals surface area (Å²) in [6, 6.07) is 0. The maximum absolute atomic E-state index is 11.4. The van der Waals surface area contributed by atoms with Gasteiger partial charge in [0.1, 0.15) is 0 Å². The second-order valence-corrected chi connectivity index (χ2v) is 6.16. The van der Waals surface area contributed by atoms with Crippen molar-refractivity contribution in [2.75, 3.05) is 33.9 Å². The van der Waals surface area contributed by atoms with Gasteiger partial charge in [0.2, 0.25) is 0 Å². The third kappa shape index (κ3) is 6.65. The Kier molecular flexibility index (Phi) is 6.80. The lowest BCUT2D eigenvalue weighted by molar-refractivity contribution is 0.166. The number of likely N-dealkylation sites (N-methyl/N-ethyl adjacent to an activating group) is 1. The molecule has 0 fully saturated rings. The minimum Gasteiger partial charge on any atom is -0.383 e. The second kappa shape index (κ2) is 6.98. The molecular formula is C10H21NO3S. The van der Waals surface area contributed by atoms with Gasteiger partial charge in [-0.15, -0.1) is 0 Å². The fourth-order valence-electron chi connectivity index (χ4n) is 0.853. The summed E-state index contributed by atoms with van der Waals surface area (Å²) >= 11 is 0. The molecule has 0 unspecified atom stereocenters. The summed E-state index contributed by atoms with van der Waals surface area (Å²) in [6.07, 6.45) is 1.67. The van der Waals surface area contributed by atoms with E-state index in [1.807, 2.05) is 11.9 Å². The highest BCUT2D eigenvalue weighted by atomic mass is 32.2. The van der Waals surface area contributed by atoms with Crippen molar-refractivity contribution in [1.29, 1.82) is 0 Å². The molecular weight excluding hydrogens is 214 g/mol. The third-order valence-electron chi connectivity index (χ3n) is 2.04. The highest BCUT2D eigenvalue weighted by Gasteiger charge is 2.10. The number of ether oxygens (including phenoxy) is 1. The lowest BCUT2D eigenvalue weighted by Gasteiger charge is -2.13. The van der Waals surface area contributed by atoms with Gasteiger partial charge in [-0.05, 0) is 20.9 Å². The van der Waals surface area contributed by atoms with Crippen LogP contribution in [0.1, 0.15) is 13.8 Å². The Morgan fingerprint density at radius 2 is 2.00 bits per heavy atom. The van der Waals surface area contributed by atoms with Crippen molar-refractivity contribution in [3.63, 3.8) is 0 Å². The minimum absolute atomic E-state index is 0.349. The third-order valence-corrected chi connectivity index (χ3v) is 3.92. The maximum Gasteiger partial charge on any atom is 0.173 e. The molecule has 4 nitrogen and oxygen atoms in total. The summed E-state index contributed by atoms with van der Waals surface area (Å²) in [7, 11) is 0.515. The van der Waals surface area contributed by atoms with Gasteiger partial charge in [-0.2, -0.15) is 0 Å². The predicted molar refractivity (Wildman–Crippen MR) is 62.6 cm³/mol. The van der Waals surface area contributed by atoms with Crippen LogP contribution in [0.3, 0.4) is 0 Å². The van der Waals surface area contributed by atoms with E-state index < -0.39 is 9.84 Å². The average molecular weight is 235 g/mol. The Bertz CT molecular complexity index is 283. The zero-order valence-corrected chi connectivity index (χ0v) is 10.8. The zero-order chi connectivity index (χ0) is 11.9. The van der Waals surface area contributed by atoms with Crippen LogP contribution in [0.15, 0.2) is 11.5 Å². The van der Waals surface area contributed by atoms with E-state index in [4.69, 9.17) is 4.74 Å². The summed E-state index contributed by atoms with van der Waals surface area (Å²) in [5.41, 5.74) is 0. The Hall–Kier alpha value is -0.390. The molecule has 0 radical (unpaired) electrons. The van der Waals surface area contributed by atoms with Crippen LogP contribution >= 0.6 is 0 Å². The molecule has 0 rings (SSSR count). The summed E-state index contributed by atoms with van der Waals surface area (Å²) in [5.74, 6) is 0. The summed E-state index contributed by atoms with van der Waals surface area (Å²) in [5, 5.41) is 0.944. The van der Waals surface area contributed by atoms with Crippen molar-refractivity contribution in [3.8, 4) is 0 Å². The van der Waals surface area contributed by atoms with Crippen molar-refractivity contribution in [1.82, 2.24) is 4.90 Å². The number of rotatable bonds is 7. The molecule has 15 heavy (non-hydrogen) atoms. The van der Waals surface area contributed by atoms with E-state index in [1.54, 1.807) is 27.0 Å². The average Bonchev–Trinajstić information content (AvgIpc) is 2.14. The van der Waals surface area contributed by atoms with Crippen LogP contribution in [0.4, 0.5) is 0 Å². The first-order chi connectivity index (χ1) is 6.90. The maximum atomic E-state index is 11.4. The SMILES string of the molecule is COCCN(C)C/C=C/S(=O)(=O)C(C)C. The molecule has 0 saturated heterocycles. The molecule has 0 bridgehead atoms. The Labute approximate surface area is 92.8 Å². The number of nitrogens with zero attached hydrogens (tertiary/aromatic N) is 1. The normalized spacial score (nSPS) is 13.2. The lowest BCUT2D eigenvalue weighted by Crippen LogP contribution is -2.23. The Morgan fingerprint density at radius 1 is 1.40 bits per heavy atom. The number of methoxy groups -OCH3 is 1. The molecule has 0 aliphatic carbocycles. The molecule has 0 aromatic carbocycles. The molecule has 0 heterocycles. The molecule has 0 saturated carbocycles. The fourth-order valence-corrected chi connectivity index (χ4v) is 1.52. The number of hydrogen-bond acceptors (Lipinski definition) is 4. The van der Waals surface area contributed by atoms with E-state index in [0.717, 1.165) is 6.54 Å². The molecule has 90 valence electrons. The van der Waals surface area contributed by atoms with Gasteiger partial charge in [-0.25, -0.2) is 8.42 Å². The standard InChI is InChI=1S/C10H21NO3S/c1-10(2)15(12,13)9-5-6-11(3)7-8-14-4/h5,9-10H,6-8H2,1-4H3/b9-5+. The van der Waals surface area contributed by atoms with Gasteiger partial charge in [0, 0.05) is 25.6 Å². The van der Waals surface area contributed by atoms with E-state index in [-0.39, 0.29) is 5.25 Å². The van der Waals surface area contributed by atoms with Gasteiger partial charge in [-0.3, -0.25) is 0 Å². The van der Waals surface area contributed by atoms with E-state index in [9.17, 15) is 8.42 Å². The predicted octanol–water partition coefficient (Wildman–Crippen LogP) is 0.902. The number of hydrogen-bond donors (Lipinski definition) is 0. The van der Waals surface area contributed by atoms with Crippen LogP contribution in [0.5, 0.6) is 0 Å². The van der Waals surface area contributed by atoms with Gasteiger partial charge >= 0.3 is 0 Å². The van der Waals surface area contributed by atoms with Gasteiger partial charge in [0.05, 0.1) is 11.9 Å². The smallest absolute Gasteiger partial charge is 0.173 e. The van der Waals surface area contributed by atoms with Crippen molar-refractivity contribution < 1.29 is 13.2 Å². The minimum atomic E-state index is -3.05. The first-order valence-corrected chi connectivity index (χ1v) is 6.59. The molecule has 0 atom stereocenters.